The minimum atomic E-state index is -0.497. The van der Waals surface area contributed by atoms with Crippen LogP contribution in [0.5, 0.6) is 0 Å². The summed E-state index contributed by atoms with van der Waals surface area (Å²) in [5, 5.41) is 20.6. The Hall–Kier alpha value is -2.44. The third-order valence-electron chi connectivity index (χ3n) is 2.96. The van der Waals surface area contributed by atoms with Gasteiger partial charge in [0.1, 0.15) is 0 Å². The number of nitro benzene ring substituents is 1. The van der Waals surface area contributed by atoms with E-state index in [4.69, 9.17) is 0 Å². The van der Waals surface area contributed by atoms with Crippen LogP contribution in [-0.4, -0.2) is 27.1 Å². The molecule has 1 aromatic carbocycles. The van der Waals surface area contributed by atoms with Crippen LogP contribution < -0.4 is 5.32 Å². The molecule has 0 aliphatic heterocycles. The number of carbonyl (C=O) groups is 1. The first-order valence-corrected chi connectivity index (χ1v) is 5.96. The summed E-state index contributed by atoms with van der Waals surface area (Å²) in [5.74, 6) is -0.332. The Kier molecular flexibility index (Phi) is 3.46. The lowest BCUT2D eigenvalue weighted by molar-refractivity contribution is -0.384. The summed E-state index contributed by atoms with van der Waals surface area (Å²) < 4.78 is 0. The van der Waals surface area contributed by atoms with Crippen molar-refractivity contribution < 1.29 is 9.72 Å². The molecule has 1 aromatic heterocycles. The Morgan fingerprint density at radius 1 is 1.58 bits per heavy atom. The third-order valence-corrected chi connectivity index (χ3v) is 2.96. The van der Waals surface area contributed by atoms with E-state index in [0.29, 0.717) is 10.9 Å². The van der Waals surface area contributed by atoms with Gasteiger partial charge in [0.05, 0.1) is 10.4 Å². The summed E-state index contributed by atoms with van der Waals surface area (Å²) >= 11 is 0. The maximum atomic E-state index is 12.0. The van der Waals surface area contributed by atoms with Gasteiger partial charge < -0.3 is 5.32 Å². The average Bonchev–Trinajstić information content (AvgIpc) is 2.81. The van der Waals surface area contributed by atoms with Gasteiger partial charge in [-0.25, -0.2) is 0 Å². The normalized spacial score (nSPS) is 12.3. The van der Waals surface area contributed by atoms with Gasteiger partial charge in [0, 0.05) is 23.6 Å². The van der Waals surface area contributed by atoms with Gasteiger partial charge in [-0.1, -0.05) is 6.92 Å². The molecule has 7 nitrogen and oxygen atoms in total. The standard InChI is InChI=1S/C12H14N4O3/c1-3-7(2)13-12(17)11-9-6-8(16(18)19)4-5-10(9)14-15-11/h4-7H,3H2,1-2H3,(H,13,17)(H,14,15). The molecule has 7 heteroatoms. The van der Waals surface area contributed by atoms with Crippen molar-refractivity contribution in [3.05, 3.63) is 34.0 Å². The van der Waals surface area contributed by atoms with E-state index >= 15 is 0 Å². The van der Waals surface area contributed by atoms with Gasteiger partial charge in [-0.2, -0.15) is 5.10 Å². The number of rotatable bonds is 4. The molecule has 2 rings (SSSR count). The highest BCUT2D eigenvalue weighted by Gasteiger charge is 2.18. The van der Waals surface area contributed by atoms with E-state index in [2.05, 4.69) is 15.5 Å². The van der Waals surface area contributed by atoms with Crippen LogP contribution in [0, 0.1) is 10.1 Å². The van der Waals surface area contributed by atoms with E-state index in [1.165, 1.54) is 12.1 Å². The summed E-state index contributed by atoms with van der Waals surface area (Å²) in [5.41, 5.74) is 0.713. The van der Waals surface area contributed by atoms with E-state index in [9.17, 15) is 14.9 Å². The fourth-order valence-corrected chi connectivity index (χ4v) is 1.68. The Balaban J connectivity index is 2.40. The zero-order valence-electron chi connectivity index (χ0n) is 10.6. The van der Waals surface area contributed by atoms with Crippen LogP contribution in [0.3, 0.4) is 0 Å². The van der Waals surface area contributed by atoms with Crippen LogP contribution in [0.15, 0.2) is 18.2 Å². The predicted octanol–water partition coefficient (Wildman–Crippen LogP) is 2.00. The Morgan fingerprint density at radius 2 is 2.32 bits per heavy atom. The summed E-state index contributed by atoms with van der Waals surface area (Å²) in [7, 11) is 0. The Labute approximate surface area is 109 Å². The number of aromatic amines is 1. The highest BCUT2D eigenvalue weighted by Crippen LogP contribution is 2.22. The number of aromatic nitrogens is 2. The maximum absolute atomic E-state index is 12.0. The smallest absolute Gasteiger partial charge is 0.272 e. The molecular formula is C12H14N4O3. The van der Waals surface area contributed by atoms with Gasteiger partial charge in [-0.05, 0) is 19.4 Å². The second-order valence-electron chi connectivity index (χ2n) is 4.34. The van der Waals surface area contributed by atoms with Crippen LogP contribution >= 0.6 is 0 Å². The van der Waals surface area contributed by atoms with Crippen LogP contribution in [0.1, 0.15) is 30.8 Å². The fraction of sp³-hybridized carbons (Fsp3) is 0.333. The largest absolute Gasteiger partial charge is 0.348 e. The van der Waals surface area contributed by atoms with Crippen molar-refractivity contribution in [3.8, 4) is 0 Å². The second kappa shape index (κ2) is 5.05. The van der Waals surface area contributed by atoms with Gasteiger partial charge >= 0.3 is 0 Å². The van der Waals surface area contributed by atoms with Gasteiger partial charge in [0.25, 0.3) is 11.6 Å². The minimum Gasteiger partial charge on any atom is -0.348 e. The monoisotopic (exact) mass is 262 g/mol. The number of carbonyl (C=O) groups excluding carboxylic acids is 1. The summed E-state index contributed by atoms with van der Waals surface area (Å²) in [6.07, 6.45) is 0.800. The van der Waals surface area contributed by atoms with Gasteiger partial charge in [-0.3, -0.25) is 20.0 Å². The molecule has 0 bridgehead atoms. The van der Waals surface area contributed by atoms with E-state index in [0.717, 1.165) is 6.42 Å². The van der Waals surface area contributed by atoms with Crippen molar-refractivity contribution >= 4 is 22.5 Å². The Bertz CT molecular complexity index is 635. The number of hydrogen-bond acceptors (Lipinski definition) is 4. The number of nitro groups is 1. The molecule has 0 spiro atoms. The molecule has 0 saturated carbocycles. The highest BCUT2D eigenvalue weighted by atomic mass is 16.6. The number of amides is 1. The molecule has 100 valence electrons. The van der Waals surface area contributed by atoms with E-state index in [-0.39, 0.29) is 23.3 Å². The van der Waals surface area contributed by atoms with E-state index in [1.54, 1.807) is 6.07 Å². The van der Waals surface area contributed by atoms with Crippen molar-refractivity contribution in [3.63, 3.8) is 0 Å². The fourth-order valence-electron chi connectivity index (χ4n) is 1.68. The van der Waals surface area contributed by atoms with Gasteiger partial charge in [0.2, 0.25) is 0 Å². The molecule has 19 heavy (non-hydrogen) atoms. The van der Waals surface area contributed by atoms with Crippen LogP contribution in [0.25, 0.3) is 10.9 Å². The molecule has 0 radical (unpaired) electrons. The van der Waals surface area contributed by atoms with Crippen molar-refractivity contribution in [1.82, 2.24) is 15.5 Å². The van der Waals surface area contributed by atoms with Crippen molar-refractivity contribution in [2.24, 2.45) is 0 Å². The van der Waals surface area contributed by atoms with Crippen molar-refractivity contribution in [1.29, 1.82) is 0 Å². The topological polar surface area (TPSA) is 101 Å². The average molecular weight is 262 g/mol. The number of nitrogens with one attached hydrogen (secondary N) is 2. The molecule has 0 fully saturated rings. The molecule has 2 aromatic rings. The number of benzene rings is 1. The lowest BCUT2D eigenvalue weighted by Gasteiger charge is -2.09. The van der Waals surface area contributed by atoms with Crippen LogP contribution in [0.4, 0.5) is 5.69 Å². The van der Waals surface area contributed by atoms with Crippen LogP contribution in [0.2, 0.25) is 0 Å². The summed E-state index contributed by atoms with van der Waals surface area (Å²) in [4.78, 5) is 22.3. The molecule has 1 unspecified atom stereocenters. The minimum absolute atomic E-state index is 0.0259. The number of H-pyrrole nitrogens is 1. The van der Waals surface area contributed by atoms with E-state index in [1.807, 2.05) is 13.8 Å². The molecular weight excluding hydrogens is 248 g/mol. The van der Waals surface area contributed by atoms with E-state index < -0.39 is 4.92 Å². The quantitative estimate of drug-likeness (QED) is 0.650. The SMILES string of the molecule is CCC(C)NC(=O)c1n[nH]c2ccc([N+](=O)[O-])cc12. The zero-order valence-corrected chi connectivity index (χ0v) is 10.6. The first-order chi connectivity index (χ1) is 9.02. The molecule has 0 saturated heterocycles. The predicted molar refractivity (Wildman–Crippen MR) is 70.0 cm³/mol. The lowest BCUT2D eigenvalue weighted by Crippen LogP contribution is -2.32. The zero-order chi connectivity index (χ0) is 14.0. The molecule has 1 atom stereocenters. The van der Waals surface area contributed by atoms with Crippen molar-refractivity contribution in [2.75, 3.05) is 0 Å². The molecule has 0 aliphatic carbocycles. The van der Waals surface area contributed by atoms with Crippen molar-refractivity contribution in [2.45, 2.75) is 26.3 Å². The first-order valence-electron chi connectivity index (χ1n) is 5.96. The number of non-ortho nitro benzene ring substituents is 1. The highest BCUT2D eigenvalue weighted by molar-refractivity contribution is 6.05. The number of nitrogens with zero attached hydrogens (tertiary/aromatic N) is 2. The summed E-state index contributed by atoms with van der Waals surface area (Å²) in [6.45, 7) is 3.84. The van der Waals surface area contributed by atoms with Gasteiger partial charge in [-0.15, -0.1) is 0 Å². The molecule has 1 heterocycles. The number of hydrogen-bond donors (Lipinski definition) is 2. The molecule has 1 amide bonds. The molecule has 0 aliphatic rings. The van der Waals surface area contributed by atoms with Crippen LogP contribution in [-0.2, 0) is 0 Å². The number of fused-ring (bicyclic) bond motifs is 1. The first kappa shape index (κ1) is 13.0. The lowest BCUT2D eigenvalue weighted by atomic mass is 10.1. The second-order valence-corrected chi connectivity index (χ2v) is 4.34. The summed E-state index contributed by atoms with van der Waals surface area (Å²) in [6, 6.07) is 4.29. The maximum Gasteiger partial charge on any atom is 0.272 e. The molecule has 2 N–H and O–H groups in total. The third kappa shape index (κ3) is 2.54. The van der Waals surface area contributed by atoms with Gasteiger partial charge in [0.15, 0.2) is 5.69 Å². The Morgan fingerprint density at radius 3 is 2.95 bits per heavy atom.